The van der Waals surface area contributed by atoms with E-state index in [9.17, 15) is 13.6 Å². The molecule has 3 aromatic rings. The van der Waals surface area contributed by atoms with Crippen molar-refractivity contribution in [3.8, 4) is 11.4 Å². The van der Waals surface area contributed by atoms with Gasteiger partial charge in [0.2, 0.25) is 5.91 Å². The number of nitrogens with zero attached hydrogens (tertiary/aromatic N) is 2. The van der Waals surface area contributed by atoms with Crippen LogP contribution in [-0.2, 0) is 4.79 Å². The predicted octanol–water partition coefficient (Wildman–Crippen LogP) is 4.36. The average molecular weight is 383 g/mol. The lowest BCUT2D eigenvalue weighted by atomic mass is 10.1. The molecule has 1 heterocycles. The van der Waals surface area contributed by atoms with Gasteiger partial charge in [0.15, 0.2) is 0 Å². The van der Waals surface area contributed by atoms with E-state index < -0.39 is 6.61 Å². The van der Waals surface area contributed by atoms with Gasteiger partial charge in [-0.3, -0.25) is 4.79 Å². The highest BCUT2D eigenvalue weighted by Crippen LogP contribution is 2.21. The van der Waals surface area contributed by atoms with Crippen molar-refractivity contribution in [3.05, 3.63) is 84.5 Å². The molecular weight excluding hydrogens is 364 g/mol. The van der Waals surface area contributed by atoms with Crippen molar-refractivity contribution >= 4 is 12.0 Å². The number of aromatic nitrogens is 2. The number of nitrogens with one attached hydrogen (secondary N) is 1. The molecule has 1 aromatic heterocycles. The fourth-order valence-electron chi connectivity index (χ4n) is 2.68. The molecule has 0 aliphatic rings. The van der Waals surface area contributed by atoms with E-state index in [0.717, 1.165) is 11.3 Å². The van der Waals surface area contributed by atoms with Crippen LogP contribution in [0.4, 0.5) is 8.78 Å². The van der Waals surface area contributed by atoms with E-state index in [1.807, 2.05) is 42.0 Å². The minimum absolute atomic E-state index is 0.0182. The Morgan fingerprint density at radius 3 is 2.61 bits per heavy atom. The topological polar surface area (TPSA) is 56.1 Å². The molecule has 0 aliphatic carbocycles. The van der Waals surface area contributed by atoms with Gasteiger partial charge in [-0.2, -0.15) is 8.78 Å². The molecule has 0 aliphatic heterocycles. The molecule has 0 spiro atoms. The number of carbonyl (C=O) groups is 1. The first kappa shape index (κ1) is 19.3. The maximum Gasteiger partial charge on any atom is 0.387 e. The molecule has 0 bridgehead atoms. The highest BCUT2D eigenvalue weighted by Gasteiger charge is 2.10. The number of rotatable bonds is 7. The van der Waals surface area contributed by atoms with Gasteiger partial charge in [-0.1, -0.05) is 30.3 Å². The van der Waals surface area contributed by atoms with E-state index in [4.69, 9.17) is 0 Å². The lowest BCUT2D eigenvalue weighted by molar-refractivity contribution is -0.117. The number of para-hydroxylation sites is 1. The number of alkyl halides is 2. The Kier molecular flexibility index (Phi) is 6.16. The van der Waals surface area contributed by atoms with Gasteiger partial charge in [-0.15, -0.1) is 0 Å². The monoisotopic (exact) mass is 383 g/mol. The second-order valence-electron chi connectivity index (χ2n) is 6.04. The molecular formula is C21H19F2N3O2. The Bertz CT molecular complexity index is 939. The fourth-order valence-corrected chi connectivity index (χ4v) is 2.68. The van der Waals surface area contributed by atoms with Crippen LogP contribution in [0.15, 0.2) is 73.3 Å². The lowest BCUT2D eigenvalue weighted by Gasteiger charge is -2.14. The number of ether oxygens (including phenoxy) is 1. The van der Waals surface area contributed by atoms with E-state index >= 15 is 0 Å². The van der Waals surface area contributed by atoms with Gasteiger partial charge in [-0.25, -0.2) is 4.98 Å². The van der Waals surface area contributed by atoms with E-state index in [2.05, 4.69) is 15.0 Å². The maximum absolute atomic E-state index is 12.4. The molecule has 0 unspecified atom stereocenters. The largest absolute Gasteiger partial charge is 0.434 e. The number of imidazole rings is 1. The van der Waals surface area contributed by atoms with Crippen LogP contribution in [-0.4, -0.2) is 22.1 Å². The molecule has 0 fully saturated rings. The summed E-state index contributed by atoms with van der Waals surface area (Å²) in [5.74, 6) is -0.317. The first-order chi connectivity index (χ1) is 13.5. The second kappa shape index (κ2) is 8.94. The predicted molar refractivity (Wildman–Crippen MR) is 102 cm³/mol. The third-order valence-corrected chi connectivity index (χ3v) is 4.10. The fraction of sp³-hybridized carbons (Fsp3) is 0.143. The molecule has 0 radical (unpaired) electrons. The van der Waals surface area contributed by atoms with Crippen molar-refractivity contribution in [2.45, 2.75) is 19.6 Å². The lowest BCUT2D eigenvalue weighted by Crippen LogP contribution is -2.24. The number of carbonyl (C=O) groups excluding carboxylic acids is 1. The number of halogens is 2. The SMILES string of the molecule is C[C@@H](NC(=O)/C=C\c1ccccc1OC(F)F)c1ccc(-n2ccnc2)cc1. The number of hydrogen-bond acceptors (Lipinski definition) is 3. The Labute approximate surface area is 161 Å². The van der Waals surface area contributed by atoms with Crippen LogP contribution in [0.25, 0.3) is 11.8 Å². The summed E-state index contributed by atoms with van der Waals surface area (Å²) in [6.45, 7) is -1.06. The van der Waals surface area contributed by atoms with Crippen molar-refractivity contribution in [3.63, 3.8) is 0 Å². The van der Waals surface area contributed by atoms with Crippen LogP contribution in [0.5, 0.6) is 5.75 Å². The van der Waals surface area contributed by atoms with Gasteiger partial charge < -0.3 is 14.6 Å². The van der Waals surface area contributed by atoms with Crippen LogP contribution in [0.3, 0.4) is 0 Å². The van der Waals surface area contributed by atoms with Crippen LogP contribution in [0.1, 0.15) is 24.1 Å². The molecule has 7 heteroatoms. The Hall–Kier alpha value is -3.48. The van der Waals surface area contributed by atoms with Crippen LogP contribution in [0.2, 0.25) is 0 Å². The first-order valence-corrected chi connectivity index (χ1v) is 8.63. The van der Waals surface area contributed by atoms with Gasteiger partial charge in [0.05, 0.1) is 12.4 Å². The van der Waals surface area contributed by atoms with Crippen LogP contribution < -0.4 is 10.1 Å². The third-order valence-electron chi connectivity index (χ3n) is 4.10. The maximum atomic E-state index is 12.4. The van der Waals surface area contributed by atoms with E-state index in [1.54, 1.807) is 30.7 Å². The zero-order valence-electron chi connectivity index (χ0n) is 15.1. The molecule has 0 saturated heterocycles. The average Bonchev–Trinajstić information content (AvgIpc) is 3.22. The number of benzene rings is 2. The zero-order chi connectivity index (χ0) is 19.9. The van der Waals surface area contributed by atoms with E-state index in [-0.39, 0.29) is 17.7 Å². The summed E-state index contributed by atoms with van der Waals surface area (Å²) < 4.78 is 31.2. The van der Waals surface area contributed by atoms with Crippen LogP contribution in [0, 0.1) is 0 Å². The molecule has 1 N–H and O–H groups in total. The van der Waals surface area contributed by atoms with Crippen molar-refractivity contribution in [2.75, 3.05) is 0 Å². The molecule has 1 amide bonds. The Balaban J connectivity index is 1.62. The first-order valence-electron chi connectivity index (χ1n) is 8.63. The summed E-state index contributed by atoms with van der Waals surface area (Å²) >= 11 is 0. The molecule has 1 atom stereocenters. The van der Waals surface area contributed by atoms with Crippen molar-refractivity contribution in [1.29, 1.82) is 0 Å². The summed E-state index contributed by atoms with van der Waals surface area (Å²) in [4.78, 5) is 16.2. The second-order valence-corrected chi connectivity index (χ2v) is 6.04. The van der Waals surface area contributed by atoms with E-state index in [0.29, 0.717) is 5.56 Å². The van der Waals surface area contributed by atoms with Crippen LogP contribution >= 0.6 is 0 Å². The normalized spacial score (nSPS) is 12.3. The van der Waals surface area contributed by atoms with Gasteiger partial charge in [0.25, 0.3) is 0 Å². The molecule has 28 heavy (non-hydrogen) atoms. The van der Waals surface area contributed by atoms with Gasteiger partial charge >= 0.3 is 6.61 Å². The molecule has 3 rings (SSSR count). The third kappa shape index (κ3) is 5.03. The van der Waals surface area contributed by atoms with Crippen molar-refractivity contribution in [1.82, 2.24) is 14.9 Å². The highest BCUT2D eigenvalue weighted by molar-refractivity contribution is 5.92. The number of hydrogen-bond donors (Lipinski definition) is 1. The van der Waals surface area contributed by atoms with Gasteiger partial charge in [0.1, 0.15) is 5.75 Å². The molecule has 144 valence electrons. The van der Waals surface area contributed by atoms with Gasteiger partial charge in [-0.05, 0) is 36.8 Å². The summed E-state index contributed by atoms with van der Waals surface area (Å²) in [6, 6.07) is 13.8. The molecule has 0 saturated carbocycles. The van der Waals surface area contributed by atoms with Crippen molar-refractivity contribution in [2.24, 2.45) is 0 Å². The minimum atomic E-state index is -2.92. The Morgan fingerprint density at radius 2 is 1.93 bits per heavy atom. The van der Waals surface area contributed by atoms with E-state index in [1.165, 1.54) is 18.2 Å². The van der Waals surface area contributed by atoms with Crippen molar-refractivity contribution < 1.29 is 18.3 Å². The van der Waals surface area contributed by atoms with Gasteiger partial charge in [0, 0.05) is 29.7 Å². The zero-order valence-corrected chi connectivity index (χ0v) is 15.1. The summed E-state index contributed by atoms with van der Waals surface area (Å²) in [5.41, 5.74) is 2.30. The standard InChI is InChI=1S/C21H19F2N3O2/c1-15(16-6-9-18(10-7-16)26-13-12-24-14-26)25-20(27)11-8-17-4-2-3-5-19(17)28-21(22)23/h2-15,21H,1H3,(H,25,27)/b11-8-/t15-/m1/s1. The summed E-state index contributed by atoms with van der Waals surface area (Å²) in [7, 11) is 0. The Morgan fingerprint density at radius 1 is 1.18 bits per heavy atom. The smallest absolute Gasteiger partial charge is 0.387 e. The molecule has 2 aromatic carbocycles. The molecule has 5 nitrogen and oxygen atoms in total. The minimum Gasteiger partial charge on any atom is -0.434 e. The summed E-state index contributed by atoms with van der Waals surface area (Å²) in [6.07, 6.45) is 8.00. The highest BCUT2D eigenvalue weighted by atomic mass is 19.3. The number of amides is 1. The quantitative estimate of drug-likeness (QED) is 0.617. The summed E-state index contributed by atoms with van der Waals surface area (Å²) in [5, 5.41) is 2.85.